The Kier molecular flexibility index (Phi) is 5.39. The highest BCUT2D eigenvalue weighted by molar-refractivity contribution is 5.99. The molecule has 1 saturated heterocycles. The molecular weight excluding hydrogens is 322 g/mol. The average Bonchev–Trinajstić information content (AvgIpc) is 2.83. The number of carbonyl (C=O) groups is 1. The van der Waals surface area contributed by atoms with E-state index in [1.807, 2.05) is 26.0 Å². The molecule has 1 amide bonds. The van der Waals surface area contributed by atoms with Crippen molar-refractivity contribution < 1.29 is 9.28 Å². The largest absolute Gasteiger partial charge is 0.320 e. The molecule has 2 aliphatic rings. The number of nitriles is 1. The maximum Gasteiger partial charge on any atom is 0.285 e. The fourth-order valence-electron chi connectivity index (χ4n) is 5.22. The zero-order chi connectivity index (χ0) is 18.8. The maximum absolute atomic E-state index is 13.6. The van der Waals surface area contributed by atoms with Crippen molar-refractivity contribution in [2.75, 3.05) is 25.0 Å². The number of benzene rings is 1. The number of likely N-dealkylation sites (N-methyl/N-ethyl adjacent to an activating group) is 1. The zero-order valence-corrected chi connectivity index (χ0v) is 16.5. The molecular formula is C22H32N3O+. The summed E-state index contributed by atoms with van der Waals surface area (Å²) in [5, 5.41) is 12.4. The van der Waals surface area contributed by atoms with Crippen molar-refractivity contribution in [1.29, 1.82) is 5.26 Å². The lowest BCUT2D eigenvalue weighted by atomic mass is 9.72. The number of aryl methyl sites for hydroxylation is 2. The highest BCUT2D eigenvalue weighted by atomic mass is 16.2. The highest BCUT2D eigenvalue weighted by Gasteiger charge is 2.59. The van der Waals surface area contributed by atoms with Crippen molar-refractivity contribution in [3.63, 3.8) is 0 Å². The van der Waals surface area contributed by atoms with Crippen LogP contribution in [0.1, 0.15) is 68.6 Å². The molecule has 2 fully saturated rings. The van der Waals surface area contributed by atoms with Crippen LogP contribution in [0.3, 0.4) is 0 Å². The van der Waals surface area contributed by atoms with Crippen LogP contribution in [0, 0.1) is 25.2 Å². The summed E-state index contributed by atoms with van der Waals surface area (Å²) in [5.74, 6) is 0.198. The molecule has 0 radical (unpaired) electrons. The number of likely N-dealkylation sites (tertiary alicyclic amines) is 1. The molecule has 1 aliphatic heterocycles. The Morgan fingerprint density at radius 3 is 2.12 bits per heavy atom. The molecule has 1 saturated carbocycles. The molecule has 1 aromatic carbocycles. The first-order valence-corrected chi connectivity index (χ1v) is 10.2. The fraction of sp³-hybridized carbons (Fsp3) is 0.636. The number of anilines is 1. The molecule has 0 spiro atoms. The smallest absolute Gasteiger partial charge is 0.285 e. The van der Waals surface area contributed by atoms with Gasteiger partial charge in [0, 0.05) is 18.5 Å². The quantitative estimate of drug-likeness (QED) is 0.812. The topological polar surface area (TPSA) is 52.9 Å². The van der Waals surface area contributed by atoms with E-state index in [1.165, 1.54) is 25.7 Å². The van der Waals surface area contributed by atoms with Crippen molar-refractivity contribution in [2.45, 2.75) is 71.3 Å². The third kappa shape index (κ3) is 3.03. The minimum atomic E-state index is -0.258. The van der Waals surface area contributed by atoms with Gasteiger partial charge in [-0.25, -0.2) is 0 Å². The summed E-state index contributed by atoms with van der Waals surface area (Å²) in [6, 6.07) is 5.93. The van der Waals surface area contributed by atoms with Crippen molar-refractivity contribution in [3.05, 3.63) is 28.8 Å². The van der Waals surface area contributed by atoms with E-state index < -0.39 is 0 Å². The molecule has 3 rings (SSSR count). The second kappa shape index (κ2) is 7.40. The lowest BCUT2D eigenvalue weighted by Crippen LogP contribution is -2.72. The van der Waals surface area contributed by atoms with E-state index in [2.05, 4.69) is 18.3 Å². The van der Waals surface area contributed by atoms with Gasteiger partial charge in [-0.15, -0.1) is 0 Å². The van der Waals surface area contributed by atoms with E-state index >= 15 is 0 Å². The number of carbonyl (C=O) groups excluding carboxylic acids is 1. The molecule has 0 unspecified atom stereocenters. The Morgan fingerprint density at radius 1 is 1.12 bits per heavy atom. The van der Waals surface area contributed by atoms with Gasteiger partial charge in [-0.05, 0) is 76.1 Å². The standard InChI is InChI=1S/C22H31N3O/c1-4-25(12-7-5-6-8-13-25)22(10-9-11-22)21(26)24-20-17(2)14-19(16-23)15-18(20)3/h14-15H,4-13H2,1-3H3/p+1. The first kappa shape index (κ1) is 18.9. The minimum Gasteiger partial charge on any atom is -0.320 e. The van der Waals surface area contributed by atoms with E-state index in [-0.39, 0.29) is 11.4 Å². The predicted octanol–water partition coefficient (Wildman–Crippen LogP) is 4.45. The SMILES string of the molecule is CC[N+]1(C2(C(=O)Nc3c(C)cc(C#N)cc3C)CCC2)CCCCCC1. The molecule has 1 aliphatic carbocycles. The summed E-state index contributed by atoms with van der Waals surface area (Å²) in [7, 11) is 0. The van der Waals surface area contributed by atoms with Crippen molar-refractivity contribution in [3.8, 4) is 6.07 Å². The number of nitrogens with one attached hydrogen (secondary N) is 1. The van der Waals surface area contributed by atoms with Crippen LogP contribution in [0.15, 0.2) is 12.1 Å². The van der Waals surface area contributed by atoms with Crippen LogP contribution in [0.5, 0.6) is 0 Å². The van der Waals surface area contributed by atoms with Crippen molar-refractivity contribution in [1.82, 2.24) is 0 Å². The molecule has 0 aromatic heterocycles. The summed E-state index contributed by atoms with van der Waals surface area (Å²) >= 11 is 0. The number of hydrogen-bond donors (Lipinski definition) is 1. The molecule has 0 atom stereocenters. The second-order valence-electron chi connectivity index (χ2n) is 8.26. The highest BCUT2D eigenvalue weighted by Crippen LogP contribution is 2.45. The number of quaternary nitrogens is 1. The summed E-state index contributed by atoms with van der Waals surface area (Å²) in [6.07, 6.45) is 8.22. The number of nitrogens with zero attached hydrogens (tertiary/aromatic N) is 2. The molecule has 1 N–H and O–H groups in total. The van der Waals surface area contributed by atoms with E-state index in [0.717, 1.165) is 60.2 Å². The molecule has 1 heterocycles. The van der Waals surface area contributed by atoms with Gasteiger partial charge in [-0.2, -0.15) is 5.26 Å². The van der Waals surface area contributed by atoms with Gasteiger partial charge in [0.25, 0.3) is 5.91 Å². The maximum atomic E-state index is 13.6. The van der Waals surface area contributed by atoms with Crippen molar-refractivity contribution in [2.24, 2.45) is 0 Å². The number of rotatable bonds is 4. The molecule has 0 bridgehead atoms. The van der Waals surface area contributed by atoms with E-state index in [1.54, 1.807) is 0 Å². The average molecular weight is 355 g/mol. The number of hydrogen-bond acceptors (Lipinski definition) is 2. The van der Waals surface area contributed by atoms with Crippen LogP contribution < -0.4 is 5.32 Å². The summed E-state index contributed by atoms with van der Waals surface area (Å²) in [4.78, 5) is 13.6. The normalized spacial score (nSPS) is 21.2. The minimum absolute atomic E-state index is 0.198. The van der Waals surface area contributed by atoms with Gasteiger partial charge in [-0.1, -0.05) is 0 Å². The van der Waals surface area contributed by atoms with Gasteiger partial charge in [0.1, 0.15) is 0 Å². The summed E-state index contributed by atoms with van der Waals surface area (Å²) in [6.45, 7) is 9.53. The van der Waals surface area contributed by atoms with E-state index in [4.69, 9.17) is 5.26 Å². The fourth-order valence-corrected chi connectivity index (χ4v) is 5.22. The summed E-state index contributed by atoms with van der Waals surface area (Å²) in [5.41, 5.74) is 3.24. The Hall–Kier alpha value is -1.86. The third-order valence-corrected chi connectivity index (χ3v) is 6.94. The van der Waals surface area contributed by atoms with E-state index in [9.17, 15) is 4.79 Å². The molecule has 4 nitrogen and oxygen atoms in total. The third-order valence-electron chi connectivity index (χ3n) is 6.94. The van der Waals surface area contributed by atoms with E-state index in [0.29, 0.717) is 5.56 Å². The molecule has 140 valence electrons. The molecule has 26 heavy (non-hydrogen) atoms. The Morgan fingerprint density at radius 2 is 1.69 bits per heavy atom. The van der Waals surface area contributed by atoms with Gasteiger partial charge in [0.2, 0.25) is 0 Å². The number of amides is 1. The van der Waals surface area contributed by atoms with Crippen LogP contribution in [0.25, 0.3) is 0 Å². The molecule has 4 heteroatoms. The van der Waals surface area contributed by atoms with Gasteiger partial charge in [-0.3, -0.25) is 4.79 Å². The lowest BCUT2D eigenvalue weighted by Gasteiger charge is -2.56. The van der Waals surface area contributed by atoms with Crippen LogP contribution in [0.2, 0.25) is 0 Å². The van der Waals surface area contributed by atoms with Gasteiger partial charge in [0.05, 0.1) is 31.3 Å². The van der Waals surface area contributed by atoms with Crippen LogP contribution in [0.4, 0.5) is 5.69 Å². The van der Waals surface area contributed by atoms with Gasteiger partial charge in [0.15, 0.2) is 5.54 Å². The van der Waals surface area contributed by atoms with Crippen LogP contribution >= 0.6 is 0 Å². The van der Waals surface area contributed by atoms with Gasteiger partial charge >= 0.3 is 0 Å². The monoisotopic (exact) mass is 354 g/mol. The Labute approximate surface area is 157 Å². The van der Waals surface area contributed by atoms with Crippen LogP contribution in [-0.4, -0.2) is 35.6 Å². The first-order chi connectivity index (χ1) is 12.5. The van der Waals surface area contributed by atoms with Crippen molar-refractivity contribution >= 4 is 11.6 Å². The first-order valence-electron chi connectivity index (χ1n) is 10.2. The van der Waals surface area contributed by atoms with Crippen LogP contribution in [-0.2, 0) is 4.79 Å². The zero-order valence-electron chi connectivity index (χ0n) is 16.5. The molecule has 1 aromatic rings. The lowest BCUT2D eigenvalue weighted by molar-refractivity contribution is -0.970. The van der Waals surface area contributed by atoms with Gasteiger partial charge < -0.3 is 9.80 Å². The predicted molar refractivity (Wildman–Crippen MR) is 105 cm³/mol. The second-order valence-corrected chi connectivity index (χ2v) is 8.26. The Balaban J connectivity index is 1.91. The summed E-state index contributed by atoms with van der Waals surface area (Å²) < 4.78 is 0.965. The Bertz CT molecular complexity index is 696.